The Hall–Kier alpha value is -5.21. The first-order valence-electron chi connectivity index (χ1n) is 14.0. The molecule has 0 saturated carbocycles. The maximum Gasteiger partial charge on any atom is 0.337 e. The van der Waals surface area contributed by atoms with E-state index in [9.17, 15) is 19.5 Å². The number of ether oxygens (including phenoxy) is 3. The van der Waals surface area contributed by atoms with Gasteiger partial charge in [0.05, 0.1) is 25.6 Å². The van der Waals surface area contributed by atoms with Gasteiger partial charge in [-0.15, -0.1) is 0 Å². The number of aromatic hydroxyl groups is 1. The van der Waals surface area contributed by atoms with Gasteiger partial charge in [0, 0.05) is 0 Å². The summed E-state index contributed by atoms with van der Waals surface area (Å²) < 4.78 is 15.5. The largest absolute Gasteiger partial charge is 0.508 e. The molecule has 2 N–H and O–H groups in total. The van der Waals surface area contributed by atoms with Crippen LogP contribution in [-0.4, -0.2) is 41.8 Å². The molecule has 8 nitrogen and oxygen atoms in total. The molecule has 44 heavy (non-hydrogen) atoms. The van der Waals surface area contributed by atoms with Gasteiger partial charge in [0.2, 0.25) is 0 Å². The standard InChI is InChI=1S/C23H22O5.C13H12O3/c1-16(23(25)26-2)18-8-9-20-13-21(11-10-19(20)12-18)28-22(24)15-27-14-17-6-4-3-5-7-17;1-8(13(15)16)9-2-3-11-7-12(14)5-4-10(11)6-9/h3-13,16H,14-15H2,1-2H3;2-8,14H,1H3,(H,15,16). The summed E-state index contributed by atoms with van der Waals surface area (Å²) in [5.74, 6) is -1.75. The molecule has 5 aromatic carbocycles. The van der Waals surface area contributed by atoms with Gasteiger partial charge in [-0.05, 0) is 76.3 Å². The number of phenolic OH excluding ortho intramolecular Hbond substituents is 1. The molecule has 5 aromatic rings. The van der Waals surface area contributed by atoms with Crippen LogP contribution in [0.25, 0.3) is 21.5 Å². The van der Waals surface area contributed by atoms with Crippen LogP contribution in [0.3, 0.4) is 0 Å². The van der Waals surface area contributed by atoms with E-state index < -0.39 is 17.9 Å². The summed E-state index contributed by atoms with van der Waals surface area (Å²) in [6.45, 7) is 3.69. The average molecular weight is 595 g/mol. The van der Waals surface area contributed by atoms with Crippen molar-refractivity contribution in [1.29, 1.82) is 0 Å². The fourth-order valence-corrected chi connectivity index (χ4v) is 4.54. The van der Waals surface area contributed by atoms with Crippen LogP contribution >= 0.6 is 0 Å². The van der Waals surface area contributed by atoms with Crippen molar-refractivity contribution in [2.24, 2.45) is 0 Å². The number of hydrogen-bond acceptors (Lipinski definition) is 7. The first-order chi connectivity index (χ1) is 21.1. The third kappa shape index (κ3) is 8.42. The quantitative estimate of drug-likeness (QED) is 0.139. The van der Waals surface area contributed by atoms with Gasteiger partial charge in [0.15, 0.2) is 0 Å². The highest BCUT2D eigenvalue weighted by Gasteiger charge is 2.16. The van der Waals surface area contributed by atoms with Gasteiger partial charge < -0.3 is 24.4 Å². The first kappa shape index (κ1) is 31.7. The van der Waals surface area contributed by atoms with Crippen LogP contribution in [-0.2, 0) is 30.5 Å². The molecule has 0 heterocycles. The average Bonchev–Trinajstić information content (AvgIpc) is 3.04. The van der Waals surface area contributed by atoms with Crippen LogP contribution in [0.2, 0.25) is 0 Å². The van der Waals surface area contributed by atoms with E-state index in [0.717, 1.165) is 38.2 Å². The molecule has 0 amide bonds. The highest BCUT2D eigenvalue weighted by Crippen LogP contribution is 2.27. The number of aliphatic carboxylic acids is 1. The number of carbonyl (C=O) groups is 3. The van der Waals surface area contributed by atoms with Crippen molar-refractivity contribution in [3.63, 3.8) is 0 Å². The van der Waals surface area contributed by atoms with Crippen LogP contribution in [0.5, 0.6) is 11.5 Å². The van der Waals surface area contributed by atoms with Crippen molar-refractivity contribution in [2.45, 2.75) is 32.3 Å². The number of methoxy groups -OCH3 is 1. The number of phenols is 1. The Kier molecular flexibility index (Phi) is 10.7. The molecule has 0 radical (unpaired) electrons. The molecule has 0 saturated heterocycles. The number of rotatable bonds is 9. The van der Waals surface area contributed by atoms with E-state index >= 15 is 0 Å². The summed E-state index contributed by atoms with van der Waals surface area (Å²) in [6.07, 6.45) is 0. The Morgan fingerprint density at radius 3 is 1.91 bits per heavy atom. The van der Waals surface area contributed by atoms with Crippen LogP contribution in [0, 0.1) is 0 Å². The molecular formula is C36H34O8. The summed E-state index contributed by atoms with van der Waals surface area (Å²) in [5, 5.41) is 21.9. The van der Waals surface area contributed by atoms with Crippen molar-refractivity contribution in [1.82, 2.24) is 0 Å². The van der Waals surface area contributed by atoms with Gasteiger partial charge >= 0.3 is 17.9 Å². The molecule has 0 fully saturated rings. The minimum absolute atomic E-state index is 0.123. The van der Waals surface area contributed by atoms with Gasteiger partial charge in [-0.3, -0.25) is 9.59 Å². The number of fused-ring (bicyclic) bond motifs is 2. The molecule has 0 aromatic heterocycles. The summed E-state index contributed by atoms with van der Waals surface area (Å²) in [4.78, 5) is 34.6. The highest BCUT2D eigenvalue weighted by molar-refractivity contribution is 5.88. The van der Waals surface area contributed by atoms with Crippen molar-refractivity contribution >= 4 is 39.5 Å². The van der Waals surface area contributed by atoms with Gasteiger partial charge in [0.1, 0.15) is 18.1 Å². The monoisotopic (exact) mass is 594 g/mol. The lowest BCUT2D eigenvalue weighted by Gasteiger charge is -2.11. The molecule has 0 bridgehead atoms. The molecule has 0 aliphatic heterocycles. The molecule has 0 spiro atoms. The highest BCUT2D eigenvalue weighted by atomic mass is 16.6. The molecule has 8 heteroatoms. The van der Waals surface area contributed by atoms with Crippen molar-refractivity contribution in [3.8, 4) is 11.5 Å². The second-order valence-corrected chi connectivity index (χ2v) is 10.3. The lowest BCUT2D eigenvalue weighted by molar-refractivity contribution is -0.142. The number of carboxylic acids is 1. The third-order valence-corrected chi connectivity index (χ3v) is 7.17. The summed E-state index contributed by atoms with van der Waals surface area (Å²) in [6, 6.07) is 31.2. The van der Waals surface area contributed by atoms with Crippen molar-refractivity contribution in [2.75, 3.05) is 13.7 Å². The van der Waals surface area contributed by atoms with E-state index in [1.165, 1.54) is 7.11 Å². The van der Waals surface area contributed by atoms with Crippen LogP contribution < -0.4 is 4.74 Å². The Balaban J connectivity index is 0.000000233. The maximum absolute atomic E-state index is 12.0. The van der Waals surface area contributed by atoms with Gasteiger partial charge in [-0.1, -0.05) is 78.9 Å². The summed E-state index contributed by atoms with van der Waals surface area (Å²) in [7, 11) is 1.38. The maximum atomic E-state index is 12.0. The summed E-state index contributed by atoms with van der Waals surface area (Å²) in [5.41, 5.74) is 2.64. The van der Waals surface area contributed by atoms with Gasteiger partial charge in [-0.2, -0.15) is 0 Å². The van der Waals surface area contributed by atoms with Crippen LogP contribution in [0.1, 0.15) is 42.4 Å². The predicted molar refractivity (Wildman–Crippen MR) is 168 cm³/mol. The normalized spacial score (nSPS) is 12.1. The Bertz CT molecular complexity index is 1760. The number of benzene rings is 5. The molecular weight excluding hydrogens is 560 g/mol. The molecule has 0 aliphatic rings. The molecule has 2 unspecified atom stereocenters. The third-order valence-electron chi connectivity index (χ3n) is 7.17. The van der Waals surface area contributed by atoms with E-state index in [-0.39, 0.29) is 24.2 Å². The van der Waals surface area contributed by atoms with Crippen LogP contribution in [0.15, 0.2) is 103 Å². The molecule has 5 rings (SSSR count). The molecule has 226 valence electrons. The minimum Gasteiger partial charge on any atom is -0.508 e. The van der Waals surface area contributed by atoms with E-state index in [1.807, 2.05) is 66.7 Å². The zero-order chi connectivity index (χ0) is 31.6. The number of hydrogen-bond donors (Lipinski definition) is 2. The van der Waals surface area contributed by atoms with E-state index in [4.69, 9.17) is 19.3 Å². The summed E-state index contributed by atoms with van der Waals surface area (Å²) >= 11 is 0. The fraction of sp³-hybridized carbons (Fsp3) is 0.194. The first-order valence-corrected chi connectivity index (χ1v) is 14.0. The Morgan fingerprint density at radius 1 is 0.705 bits per heavy atom. The molecule has 0 aliphatic carbocycles. The lowest BCUT2D eigenvalue weighted by Crippen LogP contribution is -2.15. The second kappa shape index (κ2) is 14.8. The van der Waals surface area contributed by atoms with Crippen LogP contribution in [0.4, 0.5) is 0 Å². The number of carbonyl (C=O) groups excluding carboxylic acids is 2. The van der Waals surface area contributed by atoms with E-state index in [2.05, 4.69) is 0 Å². The molecule has 2 atom stereocenters. The zero-order valence-corrected chi connectivity index (χ0v) is 24.7. The topological polar surface area (TPSA) is 119 Å². The second-order valence-electron chi connectivity index (χ2n) is 10.3. The van der Waals surface area contributed by atoms with Gasteiger partial charge in [0.25, 0.3) is 0 Å². The zero-order valence-electron chi connectivity index (χ0n) is 24.7. The Morgan fingerprint density at radius 2 is 1.27 bits per heavy atom. The minimum atomic E-state index is -0.835. The van der Waals surface area contributed by atoms with Crippen molar-refractivity contribution in [3.05, 3.63) is 120 Å². The van der Waals surface area contributed by atoms with Crippen molar-refractivity contribution < 1.29 is 38.8 Å². The predicted octanol–water partition coefficient (Wildman–Crippen LogP) is 6.97. The smallest absolute Gasteiger partial charge is 0.337 e. The van der Waals surface area contributed by atoms with E-state index in [1.54, 1.807) is 50.2 Å². The lowest BCUT2D eigenvalue weighted by atomic mass is 9.98. The van der Waals surface area contributed by atoms with Gasteiger partial charge in [-0.25, -0.2) is 4.79 Å². The SMILES string of the molecule is CC(C(=O)O)c1ccc2cc(O)ccc2c1.COC(=O)C(C)c1ccc2cc(OC(=O)COCc3ccccc3)ccc2c1. The number of carboxylic acid groups (broad SMARTS) is 1. The fourth-order valence-electron chi connectivity index (χ4n) is 4.54. The van der Waals surface area contributed by atoms with E-state index in [0.29, 0.717) is 12.4 Å². The Labute approximate surface area is 255 Å². The number of esters is 2.